The maximum Gasteiger partial charge on any atom is 0.416 e. The highest BCUT2D eigenvalue weighted by Gasteiger charge is 2.33. The Labute approximate surface area is 144 Å². The number of hydrogen-bond acceptors (Lipinski definition) is 2. The molecule has 0 unspecified atom stereocenters. The summed E-state index contributed by atoms with van der Waals surface area (Å²) < 4.78 is 76.3. The van der Waals surface area contributed by atoms with Crippen LogP contribution in [0, 0.1) is 0 Å². The van der Waals surface area contributed by atoms with Crippen molar-refractivity contribution in [1.29, 1.82) is 0 Å². The average Bonchev–Trinajstić information content (AvgIpc) is 2.58. The number of benzene rings is 2. The summed E-state index contributed by atoms with van der Waals surface area (Å²) in [6.45, 7) is 0.135. The summed E-state index contributed by atoms with van der Waals surface area (Å²) in [6.07, 6.45) is -8.77. The van der Waals surface area contributed by atoms with Gasteiger partial charge in [-0.3, -0.25) is 9.79 Å². The second-order valence-corrected chi connectivity index (χ2v) is 5.75. The smallest absolute Gasteiger partial charge is 0.287 e. The molecule has 26 heavy (non-hydrogen) atoms. The van der Waals surface area contributed by atoms with Gasteiger partial charge < -0.3 is 0 Å². The zero-order valence-corrected chi connectivity index (χ0v) is 13.1. The van der Waals surface area contributed by atoms with E-state index < -0.39 is 29.3 Å². The van der Waals surface area contributed by atoms with Gasteiger partial charge in [-0.1, -0.05) is 18.2 Å². The minimum atomic E-state index is -4.52. The first-order valence-electron chi connectivity index (χ1n) is 7.54. The second-order valence-electron chi connectivity index (χ2n) is 5.75. The number of ketones is 1. The van der Waals surface area contributed by atoms with Crippen molar-refractivity contribution in [3.8, 4) is 0 Å². The lowest BCUT2D eigenvalue weighted by molar-refractivity contribution is -0.138. The Morgan fingerprint density at radius 2 is 1.42 bits per heavy atom. The standard InChI is InChI=1S/C18H11F6NO/c19-17(20,21)12-3-1-10(2-4-12)16(26)15-14-6-5-13(18(22,23)24)9-11(14)7-8-25-15/h1-6,9H,7-8H2. The van der Waals surface area contributed by atoms with E-state index in [1.165, 1.54) is 6.07 Å². The van der Waals surface area contributed by atoms with E-state index in [1.54, 1.807) is 0 Å². The minimum Gasteiger partial charge on any atom is -0.287 e. The van der Waals surface area contributed by atoms with Crippen LogP contribution < -0.4 is 0 Å². The largest absolute Gasteiger partial charge is 0.416 e. The van der Waals surface area contributed by atoms with Crippen molar-refractivity contribution in [3.63, 3.8) is 0 Å². The molecule has 0 spiro atoms. The van der Waals surface area contributed by atoms with E-state index in [0.717, 1.165) is 36.4 Å². The molecule has 0 atom stereocenters. The molecule has 1 aliphatic heterocycles. The molecule has 0 bridgehead atoms. The van der Waals surface area contributed by atoms with Gasteiger partial charge in [0.25, 0.3) is 0 Å². The molecule has 0 fully saturated rings. The molecule has 0 amide bonds. The molecule has 8 heteroatoms. The fraction of sp³-hybridized carbons (Fsp3) is 0.222. The molecule has 2 aromatic rings. The fourth-order valence-electron chi connectivity index (χ4n) is 2.72. The van der Waals surface area contributed by atoms with Gasteiger partial charge in [-0.05, 0) is 36.2 Å². The third kappa shape index (κ3) is 3.49. The first-order valence-corrected chi connectivity index (χ1v) is 7.54. The van der Waals surface area contributed by atoms with E-state index in [4.69, 9.17) is 0 Å². The molecular formula is C18H11F6NO. The number of halogens is 6. The van der Waals surface area contributed by atoms with Gasteiger partial charge >= 0.3 is 12.4 Å². The zero-order chi connectivity index (χ0) is 19.1. The molecule has 1 aliphatic rings. The molecular weight excluding hydrogens is 360 g/mol. The first kappa shape index (κ1) is 18.2. The van der Waals surface area contributed by atoms with Crippen LogP contribution in [0.25, 0.3) is 0 Å². The maximum atomic E-state index is 12.8. The number of Topliss-reactive ketones (excluding diaryl/α,β-unsaturated/α-hetero) is 1. The predicted molar refractivity (Wildman–Crippen MR) is 82.3 cm³/mol. The van der Waals surface area contributed by atoms with Crippen molar-refractivity contribution in [2.45, 2.75) is 18.8 Å². The normalized spacial score (nSPS) is 14.6. The number of hydrogen-bond donors (Lipinski definition) is 0. The third-order valence-corrected chi connectivity index (χ3v) is 4.03. The summed E-state index contributed by atoms with van der Waals surface area (Å²) in [4.78, 5) is 16.6. The molecule has 0 saturated carbocycles. The van der Waals surface area contributed by atoms with Crippen LogP contribution in [0.5, 0.6) is 0 Å². The molecule has 136 valence electrons. The Bertz CT molecular complexity index is 878. The van der Waals surface area contributed by atoms with Gasteiger partial charge in [-0.25, -0.2) is 0 Å². The summed E-state index contributed by atoms with van der Waals surface area (Å²) in [5.41, 5.74) is -1.15. The number of alkyl halides is 6. The molecule has 2 aromatic carbocycles. The predicted octanol–water partition coefficient (Wildman–Crippen LogP) is 4.95. The van der Waals surface area contributed by atoms with E-state index in [2.05, 4.69) is 4.99 Å². The fourth-order valence-corrected chi connectivity index (χ4v) is 2.72. The lowest BCUT2D eigenvalue weighted by Gasteiger charge is -2.18. The molecule has 0 aromatic heterocycles. The quantitative estimate of drug-likeness (QED) is 0.542. The van der Waals surface area contributed by atoms with Gasteiger partial charge in [0.05, 0.1) is 11.1 Å². The molecule has 0 saturated heterocycles. The number of aliphatic imine (C=N–C) groups is 1. The summed E-state index contributed by atoms with van der Waals surface area (Å²) in [5, 5.41) is 0. The van der Waals surface area contributed by atoms with Gasteiger partial charge in [0.15, 0.2) is 0 Å². The third-order valence-electron chi connectivity index (χ3n) is 4.03. The number of nitrogens with zero attached hydrogens (tertiary/aromatic N) is 1. The van der Waals surface area contributed by atoms with Crippen LogP contribution in [0.3, 0.4) is 0 Å². The van der Waals surface area contributed by atoms with Crippen molar-refractivity contribution in [1.82, 2.24) is 0 Å². The van der Waals surface area contributed by atoms with E-state index >= 15 is 0 Å². The minimum absolute atomic E-state index is 0.00972. The Hall–Kier alpha value is -2.64. The monoisotopic (exact) mass is 371 g/mol. The topological polar surface area (TPSA) is 29.4 Å². The van der Waals surface area contributed by atoms with Crippen LogP contribution in [0.2, 0.25) is 0 Å². The van der Waals surface area contributed by atoms with Crippen molar-refractivity contribution < 1.29 is 31.1 Å². The molecule has 0 N–H and O–H groups in total. The Morgan fingerprint density at radius 1 is 0.846 bits per heavy atom. The highest BCUT2D eigenvalue weighted by Crippen LogP contribution is 2.32. The number of carbonyl (C=O) groups is 1. The summed E-state index contributed by atoms with van der Waals surface area (Å²) >= 11 is 0. The van der Waals surface area contributed by atoms with Crippen LogP contribution in [-0.2, 0) is 18.8 Å². The van der Waals surface area contributed by atoms with Crippen LogP contribution in [0.1, 0.15) is 32.6 Å². The van der Waals surface area contributed by atoms with Crippen molar-refractivity contribution in [2.75, 3.05) is 6.54 Å². The van der Waals surface area contributed by atoms with Crippen LogP contribution in [0.15, 0.2) is 47.5 Å². The molecule has 2 nitrogen and oxygen atoms in total. The number of fused-ring (bicyclic) bond motifs is 1. The zero-order valence-electron chi connectivity index (χ0n) is 13.1. The maximum absolute atomic E-state index is 12.8. The van der Waals surface area contributed by atoms with Crippen LogP contribution in [0.4, 0.5) is 26.3 Å². The van der Waals surface area contributed by atoms with Gasteiger partial charge in [0.1, 0.15) is 5.71 Å². The van der Waals surface area contributed by atoms with Crippen molar-refractivity contribution in [3.05, 3.63) is 70.3 Å². The Balaban J connectivity index is 1.94. The summed E-state index contributed by atoms with van der Waals surface area (Å²) in [6, 6.07) is 6.65. The Kier molecular flexibility index (Phi) is 4.37. The molecule has 3 rings (SSSR count). The van der Waals surface area contributed by atoms with E-state index in [9.17, 15) is 31.1 Å². The Morgan fingerprint density at radius 3 is 2.00 bits per heavy atom. The van der Waals surface area contributed by atoms with Gasteiger partial charge in [-0.15, -0.1) is 0 Å². The van der Waals surface area contributed by atoms with E-state index in [1.807, 2.05) is 0 Å². The number of carbonyl (C=O) groups excluding carboxylic acids is 1. The number of rotatable bonds is 2. The molecule has 0 aliphatic carbocycles. The summed E-state index contributed by atoms with van der Waals surface area (Å²) in [5.74, 6) is -0.626. The lowest BCUT2D eigenvalue weighted by atomic mass is 9.91. The van der Waals surface area contributed by atoms with E-state index in [-0.39, 0.29) is 29.8 Å². The summed E-state index contributed by atoms with van der Waals surface area (Å²) in [7, 11) is 0. The highest BCUT2D eigenvalue weighted by molar-refractivity contribution is 6.51. The molecule has 1 heterocycles. The van der Waals surface area contributed by atoms with Gasteiger partial charge in [-0.2, -0.15) is 26.3 Å². The first-order chi connectivity index (χ1) is 12.1. The van der Waals surface area contributed by atoms with Gasteiger partial charge in [0, 0.05) is 17.7 Å². The lowest BCUT2D eigenvalue weighted by Crippen LogP contribution is -2.23. The van der Waals surface area contributed by atoms with Crippen LogP contribution in [-0.4, -0.2) is 18.0 Å². The highest BCUT2D eigenvalue weighted by atomic mass is 19.4. The average molecular weight is 371 g/mol. The van der Waals surface area contributed by atoms with Gasteiger partial charge in [0.2, 0.25) is 5.78 Å². The molecule has 0 radical (unpaired) electrons. The van der Waals surface area contributed by atoms with Crippen molar-refractivity contribution >= 4 is 11.5 Å². The van der Waals surface area contributed by atoms with Crippen molar-refractivity contribution in [2.24, 2.45) is 4.99 Å². The van der Waals surface area contributed by atoms with Crippen LogP contribution >= 0.6 is 0 Å². The second kappa shape index (κ2) is 6.26. The van der Waals surface area contributed by atoms with E-state index in [0.29, 0.717) is 5.56 Å². The SMILES string of the molecule is O=C(C1=NCCc2cc(C(F)(F)F)ccc21)c1ccc(C(F)(F)F)cc1.